The number of hydrogen-bond donors (Lipinski definition) is 2. The maximum absolute atomic E-state index is 5.90. The zero-order valence-corrected chi connectivity index (χ0v) is 14.2. The summed E-state index contributed by atoms with van der Waals surface area (Å²) in [5.41, 5.74) is 8.21. The summed E-state index contributed by atoms with van der Waals surface area (Å²) in [6.45, 7) is 1.49. The minimum atomic E-state index is 0.514. The Morgan fingerprint density at radius 3 is 2.75 bits per heavy atom. The van der Waals surface area contributed by atoms with Gasteiger partial charge in [0.25, 0.3) is 0 Å². The van der Waals surface area contributed by atoms with Crippen molar-refractivity contribution in [3.8, 4) is 5.69 Å². The number of hydrogen-bond acceptors (Lipinski definition) is 3. The lowest BCUT2D eigenvalue weighted by Crippen LogP contribution is -2.33. The van der Waals surface area contributed by atoms with Crippen LogP contribution in [-0.4, -0.2) is 28.8 Å². The second-order valence-corrected chi connectivity index (χ2v) is 6.42. The molecule has 6 heteroatoms. The van der Waals surface area contributed by atoms with E-state index < -0.39 is 0 Å². The van der Waals surface area contributed by atoms with E-state index in [9.17, 15) is 0 Å². The lowest BCUT2D eigenvalue weighted by atomic mass is 10.1. The summed E-state index contributed by atoms with van der Waals surface area (Å²) >= 11 is 1.75. The third-order valence-electron chi connectivity index (χ3n) is 3.65. The van der Waals surface area contributed by atoms with Gasteiger partial charge in [-0.05, 0) is 41.6 Å². The van der Waals surface area contributed by atoms with Crippen LogP contribution in [0.4, 0.5) is 0 Å². The number of nitrogens with zero attached hydrogens (tertiary/aromatic N) is 3. The van der Waals surface area contributed by atoms with E-state index in [1.54, 1.807) is 17.5 Å². The van der Waals surface area contributed by atoms with Crippen LogP contribution in [0.3, 0.4) is 0 Å². The van der Waals surface area contributed by atoms with Gasteiger partial charge in [0.05, 0.1) is 5.69 Å². The summed E-state index contributed by atoms with van der Waals surface area (Å²) in [4.78, 5) is 5.69. The number of aliphatic imine (C=N–C) groups is 1. The molecule has 0 bridgehead atoms. The van der Waals surface area contributed by atoms with Gasteiger partial charge in [-0.3, -0.25) is 4.99 Å². The predicted molar refractivity (Wildman–Crippen MR) is 99.8 cm³/mol. The molecule has 3 rings (SSSR count). The van der Waals surface area contributed by atoms with Gasteiger partial charge in [-0.25, -0.2) is 4.68 Å². The van der Waals surface area contributed by atoms with Crippen molar-refractivity contribution in [2.45, 2.75) is 12.8 Å². The lowest BCUT2D eigenvalue weighted by Gasteiger charge is -2.07. The fourth-order valence-corrected chi connectivity index (χ4v) is 3.07. The van der Waals surface area contributed by atoms with Crippen LogP contribution in [0, 0.1) is 0 Å². The third kappa shape index (κ3) is 4.70. The number of guanidine groups is 1. The minimum absolute atomic E-state index is 0.514. The van der Waals surface area contributed by atoms with Gasteiger partial charge in [-0.15, -0.1) is 11.3 Å². The maximum Gasteiger partial charge on any atom is 0.188 e. The smallest absolute Gasteiger partial charge is 0.188 e. The second kappa shape index (κ2) is 8.31. The molecule has 0 unspecified atom stereocenters. The molecule has 0 atom stereocenters. The molecule has 0 aliphatic rings. The van der Waals surface area contributed by atoms with E-state index >= 15 is 0 Å². The molecule has 3 aromatic rings. The van der Waals surface area contributed by atoms with Gasteiger partial charge in [0.15, 0.2) is 5.96 Å². The van der Waals surface area contributed by atoms with Crippen LogP contribution in [0.25, 0.3) is 5.69 Å². The molecule has 124 valence electrons. The van der Waals surface area contributed by atoms with Gasteiger partial charge in [0.2, 0.25) is 0 Å². The van der Waals surface area contributed by atoms with Crippen molar-refractivity contribution in [3.05, 3.63) is 70.7 Å². The molecule has 0 saturated carbocycles. The highest BCUT2D eigenvalue weighted by molar-refractivity contribution is 7.09. The summed E-state index contributed by atoms with van der Waals surface area (Å²) in [6.07, 6.45) is 5.55. The van der Waals surface area contributed by atoms with Crippen LogP contribution in [0.5, 0.6) is 0 Å². The molecule has 0 saturated heterocycles. The Labute approximate surface area is 145 Å². The highest BCUT2D eigenvalue weighted by Crippen LogP contribution is 2.09. The number of rotatable bonds is 7. The Balaban J connectivity index is 1.40. The minimum Gasteiger partial charge on any atom is -0.370 e. The maximum atomic E-state index is 5.90. The number of nitrogens with one attached hydrogen (secondary N) is 1. The van der Waals surface area contributed by atoms with Gasteiger partial charge in [-0.1, -0.05) is 18.2 Å². The monoisotopic (exact) mass is 339 g/mol. The largest absolute Gasteiger partial charge is 0.370 e. The normalized spacial score (nSPS) is 11.6. The Bertz CT molecular complexity index is 745. The highest BCUT2D eigenvalue weighted by atomic mass is 32.1. The van der Waals surface area contributed by atoms with Crippen molar-refractivity contribution >= 4 is 17.3 Å². The van der Waals surface area contributed by atoms with Gasteiger partial charge < -0.3 is 11.1 Å². The van der Waals surface area contributed by atoms with Crippen LogP contribution >= 0.6 is 11.3 Å². The van der Waals surface area contributed by atoms with Crippen molar-refractivity contribution in [1.82, 2.24) is 15.1 Å². The summed E-state index contributed by atoms with van der Waals surface area (Å²) in [5.74, 6) is 0.514. The zero-order chi connectivity index (χ0) is 16.6. The number of benzene rings is 1. The standard InChI is InChI=1S/C18H21N5S/c19-18(21-12-9-17-3-1-14-24-17)20-11-8-15-4-6-16(7-5-15)23-13-2-10-22-23/h1-7,10,13-14H,8-9,11-12H2,(H3,19,20,21). The summed E-state index contributed by atoms with van der Waals surface area (Å²) < 4.78 is 1.85. The molecule has 2 aromatic heterocycles. The van der Waals surface area contributed by atoms with Crippen LogP contribution in [0.1, 0.15) is 10.4 Å². The average molecular weight is 339 g/mol. The molecule has 0 amide bonds. The molecule has 0 radical (unpaired) electrons. The second-order valence-electron chi connectivity index (χ2n) is 5.39. The van der Waals surface area contributed by atoms with Crippen LogP contribution in [0.15, 0.2) is 65.2 Å². The Morgan fingerprint density at radius 2 is 2.04 bits per heavy atom. The van der Waals surface area contributed by atoms with Crippen LogP contribution in [-0.2, 0) is 12.8 Å². The molecule has 0 aliphatic heterocycles. The first-order valence-electron chi connectivity index (χ1n) is 7.96. The van der Waals surface area contributed by atoms with Gasteiger partial charge in [0.1, 0.15) is 0 Å². The van der Waals surface area contributed by atoms with Crippen molar-refractivity contribution < 1.29 is 0 Å². The number of aromatic nitrogens is 2. The van der Waals surface area contributed by atoms with Gasteiger partial charge >= 0.3 is 0 Å². The van der Waals surface area contributed by atoms with E-state index in [1.165, 1.54) is 10.4 Å². The quantitative estimate of drug-likeness (QED) is 0.513. The van der Waals surface area contributed by atoms with Crippen molar-refractivity contribution in [1.29, 1.82) is 0 Å². The fourth-order valence-electron chi connectivity index (χ4n) is 2.37. The lowest BCUT2D eigenvalue weighted by molar-refractivity contribution is 0.841. The van der Waals surface area contributed by atoms with Crippen molar-refractivity contribution in [2.75, 3.05) is 13.1 Å². The number of thiophene rings is 1. The molecule has 2 heterocycles. The van der Waals surface area contributed by atoms with Crippen molar-refractivity contribution in [3.63, 3.8) is 0 Å². The molecule has 1 aromatic carbocycles. The summed E-state index contributed by atoms with van der Waals surface area (Å²) in [7, 11) is 0. The first-order chi connectivity index (χ1) is 11.8. The molecule has 0 spiro atoms. The predicted octanol–water partition coefficient (Wildman–Crippen LogP) is 2.62. The Morgan fingerprint density at radius 1 is 1.17 bits per heavy atom. The Kier molecular flexibility index (Phi) is 5.63. The average Bonchev–Trinajstić information content (AvgIpc) is 3.29. The Hall–Kier alpha value is -2.60. The topological polar surface area (TPSA) is 68.2 Å². The highest BCUT2D eigenvalue weighted by Gasteiger charge is 1.98. The van der Waals surface area contributed by atoms with E-state index in [4.69, 9.17) is 5.73 Å². The van der Waals surface area contributed by atoms with E-state index in [0.717, 1.165) is 31.6 Å². The van der Waals surface area contributed by atoms with Crippen molar-refractivity contribution in [2.24, 2.45) is 10.7 Å². The molecule has 5 nitrogen and oxygen atoms in total. The molecular weight excluding hydrogens is 318 g/mol. The SMILES string of the molecule is NC(=NCCc1cccs1)NCCc1ccc(-n2cccn2)cc1. The zero-order valence-electron chi connectivity index (χ0n) is 13.4. The van der Waals surface area contributed by atoms with E-state index in [-0.39, 0.29) is 0 Å². The van der Waals surface area contributed by atoms with Crippen LogP contribution in [0.2, 0.25) is 0 Å². The molecule has 3 N–H and O–H groups in total. The third-order valence-corrected chi connectivity index (χ3v) is 4.58. The first-order valence-corrected chi connectivity index (χ1v) is 8.84. The molecular formula is C18H21N5S. The van der Waals surface area contributed by atoms with E-state index in [2.05, 4.69) is 57.2 Å². The molecule has 0 aliphatic carbocycles. The van der Waals surface area contributed by atoms with Gasteiger partial charge in [-0.2, -0.15) is 5.10 Å². The fraction of sp³-hybridized carbons (Fsp3) is 0.222. The summed E-state index contributed by atoms with van der Waals surface area (Å²) in [5, 5.41) is 9.47. The number of nitrogens with two attached hydrogens (primary N) is 1. The molecule has 0 fully saturated rings. The van der Waals surface area contributed by atoms with E-state index in [0.29, 0.717) is 5.96 Å². The molecule has 24 heavy (non-hydrogen) atoms. The van der Waals surface area contributed by atoms with Crippen LogP contribution < -0.4 is 11.1 Å². The first kappa shape index (κ1) is 16.3. The van der Waals surface area contributed by atoms with E-state index in [1.807, 2.05) is 16.9 Å². The summed E-state index contributed by atoms with van der Waals surface area (Å²) in [6, 6.07) is 14.5. The van der Waals surface area contributed by atoms with Gasteiger partial charge in [0, 0.05) is 36.8 Å².